The fourth-order valence-electron chi connectivity index (χ4n) is 0.749. The van der Waals surface area contributed by atoms with E-state index in [0.717, 1.165) is 4.90 Å². The number of amides is 1. The van der Waals surface area contributed by atoms with Crippen LogP contribution in [0.5, 0.6) is 0 Å². The van der Waals surface area contributed by atoms with E-state index in [0.29, 0.717) is 0 Å². The van der Waals surface area contributed by atoms with Crippen molar-refractivity contribution in [1.29, 1.82) is 0 Å². The van der Waals surface area contributed by atoms with Crippen LogP contribution in [0, 0.1) is 11.8 Å². The van der Waals surface area contributed by atoms with Crippen LogP contribution < -0.4 is 0 Å². The Hall–Kier alpha value is -1.15. The first-order valence-corrected chi connectivity index (χ1v) is 3.72. The Kier molecular flexibility index (Phi) is 5.81. The summed E-state index contributed by atoms with van der Waals surface area (Å²) in [5.41, 5.74) is 0. The first-order valence-electron chi connectivity index (χ1n) is 3.72. The average Bonchev–Trinajstić information content (AvgIpc) is 2.03. The van der Waals surface area contributed by atoms with E-state index < -0.39 is 18.9 Å². The number of halogens is 2. The summed E-state index contributed by atoms with van der Waals surface area (Å²) in [5, 5.41) is 8.48. The number of aliphatic hydroxyl groups excluding tert-OH is 1. The van der Waals surface area contributed by atoms with Crippen molar-refractivity contribution in [1.82, 2.24) is 4.90 Å². The molecule has 0 bridgehead atoms. The minimum absolute atomic E-state index is 0.113. The molecule has 0 aliphatic carbocycles. The molecule has 0 aliphatic rings. The summed E-state index contributed by atoms with van der Waals surface area (Å²) in [6.07, 6.45) is -2.60. The van der Waals surface area contributed by atoms with Crippen molar-refractivity contribution in [2.75, 3.05) is 19.7 Å². The second-order valence-electron chi connectivity index (χ2n) is 2.24. The molecule has 3 nitrogen and oxygen atoms in total. The first-order chi connectivity index (χ1) is 6.11. The van der Waals surface area contributed by atoms with Crippen molar-refractivity contribution in [2.45, 2.75) is 13.3 Å². The molecule has 0 fully saturated rings. The SMILES string of the molecule is CC#CC(=O)N(CCO)CC(F)F. The molecule has 0 aromatic heterocycles. The Labute approximate surface area is 75.3 Å². The Morgan fingerprint density at radius 2 is 2.23 bits per heavy atom. The van der Waals surface area contributed by atoms with Gasteiger partial charge in [-0.25, -0.2) is 8.78 Å². The van der Waals surface area contributed by atoms with Gasteiger partial charge in [0.15, 0.2) is 0 Å². The zero-order valence-corrected chi connectivity index (χ0v) is 7.26. The minimum atomic E-state index is -2.60. The number of hydrogen-bond donors (Lipinski definition) is 1. The van der Waals surface area contributed by atoms with E-state index in [2.05, 4.69) is 11.8 Å². The maximum Gasteiger partial charge on any atom is 0.298 e. The Morgan fingerprint density at radius 3 is 2.62 bits per heavy atom. The highest BCUT2D eigenvalue weighted by Gasteiger charge is 2.15. The highest BCUT2D eigenvalue weighted by molar-refractivity contribution is 5.93. The number of carbonyl (C=O) groups excluding carboxylic acids is 1. The van der Waals surface area contributed by atoms with E-state index in [1.165, 1.54) is 6.92 Å². The van der Waals surface area contributed by atoms with Gasteiger partial charge in [0.1, 0.15) is 0 Å². The molecule has 1 N–H and O–H groups in total. The summed E-state index contributed by atoms with van der Waals surface area (Å²) < 4.78 is 23.8. The molecule has 0 saturated carbocycles. The minimum Gasteiger partial charge on any atom is -0.395 e. The van der Waals surface area contributed by atoms with Crippen LogP contribution in [0.4, 0.5) is 8.78 Å². The molecule has 0 rings (SSSR count). The topological polar surface area (TPSA) is 40.5 Å². The van der Waals surface area contributed by atoms with Gasteiger partial charge in [-0.15, -0.1) is 0 Å². The van der Waals surface area contributed by atoms with Crippen molar-refractivity contribution >= 4 is 5.91 Å². The van der Waals surface area contributed by atoms with Crippen LogP contribution in [0.15, 0.2) is 0 Å². The normalized spacial score (nSPS) is 9.31. The third kappa shape index (κ3) is 5.15. The standard InChI is InChI=1S/C8H11F2NO2/c1-2-3-8(13)11(4-5-12)6-7(9)10/h7,12H,4-6H2,1H3. The molecule has 0 unspecified atom stereocenters. The Morgan fingerprint density at radius 1 is 1.62 bits per heavy atom. The van der Waals surface area contributed by atoms with E-state index in [4.69, 9.17) is 5.11 Å². The summed E-state index contributed by atoms with van der Waals surface area (Å²) in [4.78, 5) is 11.8. The monoisotopic (exact) mass is 191 g/mol. The summed E-state index contributed by atoms with van der Waals surface area (Å²) >= 11 is 0. The van der Waals surface area contributed by atoms with Gasteiger partial charge in [-0.2, -0.15) is 0 Å². The highest BCUT2D eigenvalue weighted by atomic mass is 19.3. The van der Waals surface area contributed by atoms with Gasteiger partial charge in [0, 0.05) is 6.54 Å². The Bertz CT molecular complexity index is 220. The van der Waals surface area contributed by atoms with Gasteiger partial charge in [0.25, 0.3) is 12.3 Å². The van der Waals surface area contributed by atoms with Gasteiger partial charge in [0.2, 0.25) is 0 Å². The van der Waals surface area contributed by atoms with Crippen LogP contribution in [0.1, 0.15) is 6.92 Å². The van der Waals surface area contributed by atoms with Crippen LogP contribution in [0.2, 0.25) is 0 Å². The molecule has 0 aromatic rings. The lowest BCUT2D eigenvalue weighted by molar-refractivity contribution is -0.127. The molecule has 0 atom stereocenters. The van der Waals surface area contributed by atoms with E-state index in [1.54, 1.807) is 0 Å². The molecule has 0 radical (unpaired) electrons. The molecule has 0 heterocycles. The molecule has 5 heteroatoms. The molecular formula is C8H11F2NO2. The summed E-state index contributed by atoms with van der Waals surface area (Å²) in [6, 6.07) is 0. The van der Waals surface area contributed by atoms with Crippen LogP contribution in [0.25, 0.3) is 0 Å². The zero-order valence-electron chi connectivity index (χ0n) is 7.26. The fraction of sp³-hybridized carbons (Fsp3) is 0.625. The smallest absolute Gasteiger partial charge is 0.298 e. The number of alkyl halides is 2. The number of hydrogen-bond acceptors (Lipinski definition) is 2. The number of carbonyl (C=O) groups is 1. The van der Waals surface area contributed by atoms with Gasteiger partial charge in [-0.05, 0) is 12.8 Å². The lowest BCUT2D eigenvalue weighted by atomic mass is 10.4. The molecule has 74 valence electrons. The molecule has 13 heavy (non-hydrogen) atoms. The predicted molar refractivity (Wildman–Crippen MR) is 43.1 cm³/mol. The van der Waals surface area contributed by atoms with Crippen molar-refractivity contribution in [3.63, 3.8) is 0 Å². The second kappa shape index (κ2) is 6.38. The van der Waals surface area contributed by atoms with Crippen LogP contribution >= 0.6 is 0 Å². The van der Waals surface area contributed by atoms with Crippen molar-refractivity contribution in [3.8, 4) is 11.8 Å². The Balaban J connectivity index is 4.20. The quantitative estimate of drug-likeness (QED) is 0.640. The van der Waals surface area contributed by atoms with E-state index in [9.17, 15) is 13.6 Å². The van der Waals surface area contributed by atoms with Crippen LogP contribution in [-0.2, 0) is 4.79 Å². The largest absolute Gasteiger partial charge is 0.395 e. The molecular weight excluding hydrogens is 180 g/mol. The van der Waals surface area contributed by atoms with Crippen molar-refractivity contribution in [2.24, 2.45) is 0 Å². The number of aliphatic hydroxyl groups is 1. The third-order valence-corrected chi connectivity index (χ3v) is 1.25. The first kappa shape index (κ1) is 11.8. The highest BCUT2D eigenvalue weighted by Crippen LogP contribution is 1.98. The van der Waals surface area contributed by atoms with Gasteiger partial charge >= 0.3 is 0 Å². The molecule has 0 aliphatic heterocycles. The van der Waals surface area contributed by atoms with Gasteiger partial charge in [-0.3, -0.25) is 4.79 Å². The zero-order chi connectivity index (χ0) is 10.3. The number of nitrogens with zero attached hydrogens (tertiary/aromatic N) is 1. The molecule has 0 spiro atoms. The summed E-state index contributed by atoms with van der Waals surface area (Å²) in [7, 11) is 0. The third-order valence-electron chi connectivity index (χ3n) is 1.25. The lowest BCUT2D eigenvalue weighted by Crippen LogP contribution is -2.36. The number of rotatable bonds is 4. The van der Waals surface area contributed by atoms with Gasteiger partial charge in [-0.1, -0.05) is 5.92 Å². The maximum atomic E-state index is 11.9. The summed E-state index contributed by atoms with van der Waals surface area (Å²) in [5.74, 6) is 3.76. The summed E-state index contributed by atoms with van der Waals surface area (Å²) in [6.45, 7) is 0.299. The molecule has 0 aromatic carbocycles. The van der Waals surface area contributed by atoms with Crippen molar-refractivity contribution in [3.05, 3.63) is 0 Å². The van der Waals surface area contributed by atoms with Crippen molar-refractivity contribution < 1.29 is 18.7 Å². The maximum absolute atomic E-state index is 11.9. The van der Waals surface area contributed by atoms with E-state index >= 15 is 0 Å². The lowest BCUT2D eigenvalue weighted by Gasteiger charge is -2.17. The average molecular weight is 191 g/mol. The van der Waals surface area contributed by atoms with E-state index in [-0.39, 0.29) is 13.2 Å². The molecule has 1 amide bonds. The van der Waals surface area contributed by atoms with Crippen LogP contribution in [0.3, 0.4) is 0 Å². The van der Waals surface area contributed by atoms with Gasteiger partial charge in [0.05, 0.1) is 13.2 Å². The fourth-order valence-corrected chi connectivity index (χ4v) is 0.749. The van der Waals surface area contributed by atoms with E-state index in [1.807, 2.05) is 0 Å². The predicted octanol–water partition coefficient (Wildman–Crippen LogP) is 0.0957. The van der Waals surface area contributed by atoms with Crippen LogP contribution in [-0.4, -0.2) is 42.0 Å². The second-order valence-corrected chi connectivity index (χ2v) is 2.24. The van der Waals surface area contributed by atoms with Gasteiger partial charge < -0.3 is 10.0 Å². The molecule has 0 saturated heterocycles.